The molecular formula is C55H35NS. The Morgan fingerprint density at radius 2 is 0.842 bits per heavy atom. The number of hydrogen-bond donors (Lipinski definition) is 0. The lowest BCUT2D eigenvalue weighted by molar-refractivity contribution is 0.794. The van der Waals surface area contributed by atoms with E-state index in [-0.39, 0.29) is 0 Å². The highest BCUT2D eigenvalue weighted by Crippen LogP contribution is 2.65. The topological polar surface area (TPSA) is 3.24 Å². The van der Waals surface area contributed by atoms with Gasteiger partial charge < -0.3 is 4.90 Å². The van der Waals surface area contributed by atoms with Gasteiger partial charge >= 0.3 is 0 Å². The molecule has 2 aliphatic carbocycles. The zero-order valence-electron chi connectivity index (χ0n) is 31.1. The highest BCUT2D eigenvalue weighted by Gasteiger charge is 2.52. The third-order valence-corrected chi connectivity index (χ3v) is 13.5. The monoisotopic (exact) mass is 741 g/mol. The van der Waals surface area contributed by atoms with Crippen LogP contribution in [0.2, 0.25) is 0 Å². The number of fused-ring (bicyclic) bond motifs is 13. The van der Waals surface area contributed by atoms with Gasteiger partial charge in [-0.1, -0.05) is 182 Å². The molecule has 1 heterocycles. The molecule has 0 radical (unpaired) electrons. The second-order valence-corrected chi connectivity index (χ2v) is 16.2. The van der Waals surface area contributed by atoms with Crippen molar-refractivity contribution in [3.63, 3.8) is 0 Å². The van der Waals surface area contributed by atoms with Gasteiger partial charge in [0.05, 0.1) is 16.8 Å². The van der Waals surface area contributed by atoms with Crippen molar-refractivity contribution in [2.45, 2.75) is 5.41 Å². The minimum absolute atomic E-state index is 0.430. The van der Waals surface area contributed by atoms with E-state index in [1.165, 1.54) is 92.6 Å². The number of para-hydroxylation sites is 1. The van der Waals surface area contributed by atoms with E-state index in [0.29, 0.717) is 0 Å². The summed E-state index contributed by atoms with van der Waals surface area (Å²) in [4.78, 5) is 2.53. The van der Waals surface area contributed by atoms with Crippen molar-refractivity contribution in [2.24, 2.45) is 0 Å². The van der Waals surface area contributed by atoms with Gasteiger partial charge in [0, 0.05) is 42.6 Å². The molecule has 0 amide bonds. The van der Waals surface area contributed by atoms with Crippen molar-refractivity contribution in [1.29, 1.82) is 0 Å². The van der Waals surface area contributed by atoms with Gasteiger partial charge in [-0.2, -0.15) is 0 Å². The highest BCUT2D eigenvalue weighted by atomic mass is 32.1. The molecule has 0 saturated carbocycles. The fourth-order valence-electron chi connectivity index (χ4n) is 10.0. The van der Waals surface area contributed by atoms with E-state index in [2.05, 4.69) is 217 Å². The van der Waals surface area contributed by atoms with E-state index < -0.39 is 5.41 Å². The van der Waals surface area contributed by atoms with Gasteiger partial charge in [-0.15, -0.1) is 11.3 Å². The maximum atomic E-state index is 2.53. The van der Waals surface area contributed by atoms with Crippen LogP contribution >= 0.6 is 11.3 Å². The second kappa shape index (κ2) is 12.5. The van der Waals surface area contributed by atoms with E-state index >= 15 is 0 Å². The quantitative estimate of drug-likeness (QED) is 0.170. The molecule has 0 fully saturated rings. The van der Waals surface area contributed by atoms with Crippen LogP contribution in [-0.4, -0.2) is 0 Å². The maximum Gasteiger partial charge on any atom is 0.0726 e. The molecule has 10 aromatic rings. The first kappa shape index (κ1) is 32.3. The molecule has 9 aromatic carbocycles. The summed E-state index contributed by atoms with van der Waals surface area (Å²) >= 11 is 1.89. The largest absolute Gasteiger partial charge is 0.309 e. The van der Waals surface area contributed by atoms with Crippen LogP contribution in [0.3, 0.4) is 0 Å². The van der Waals surface area contributed by atoms with Crippen LogP contribution in [0.25, 0.3) is 64.7 Å². The molecule has 2 heteroatoms. The number of rotatable bonds is 5. The lowest BCUT2D eigenvalue weighted by Crippen LogP contribution is -2.26. The molecule has 2 aliphatic rings. The molecule has 0 unspecified atom stereocenters. The summed E-state index contributed by atoms with van der Waals surface area (Å²) in [5.74, 6) is 0. The number of nitrogens with zero attached hydrogens (tertiary/aromatic N) is 1. The van der Waals surface area contributed by atoms with Crippen molar-refractivity contribution in [3.8, 4) is 44.5 Å². The summed E-state index contributed by atoms with van der Waals surface area (Å²) in [6, 6.07) is 78.7. The minimum atomic E-state index is -0.430. The molecule has 1 aromatic heterocycles. The molecule has 57 heavy (non-hydrogen) atoms. The predicted octanol–water partition coefficient (Wildman–Crippen LogP) is 15.2. The zero-order chi connectivity index (χ0) is 37.5. The number of hydrogen-bond acceptors (Lipinski definition) is 2. The predicted molar refractivity (Wildman–Crippen MR) is 241 cm³/mol. The average molecular weight is 742 g/mol. The number of anilines is 3. The van der Waals surface area contributed by atoms with Gasteiger partial charge in [-0.05, 0) is 80.4 Å². The Balaban J connectivity index is 1.15. The van der Waals surface area contributed by atoms with Gasteiger partial charge in [0.2, 0.25) is 0 Å². The van der Waals surface area contributed by atoms with Crippen LogP contribution in [0.4, 0.5) is 17.1 Å². The lowest BCUT2D eigenvalue weighted by Gasteiger charge is -2.32. The standard InChI is InChI=1S/C55H35NS/c1-2-16-36(17-3-1)37-32-34-38(35-33-37)56(50-29-12-7-20-41(50)43-23-14-24-44-42-21-8-13-31-52(42)57-54(43)44)51-30-15-28-49-53(51)45-22-6-11-27-48(45)55(49)46-25-9-4-18-39(46)40-19-5-10-26-47(40)55/h1-35H. The van der Waals surface area contributed by atoms with E-state index in [1.54, 1.807) is 0 Å². The smallest absolute Gasteiger partial charge is 0.0726 e. The molecule has 0 aliphatic heterocycles. The molecule has 1 spiro atoms. The van der Waals surface area contributed by atoms with E-state index in [0.717, 1.165) is 11.4 Å². The molecule has 0 atom stereocenters. The van der Waals surface area contributed by atoms with Crippen LogP contribution in [0, 0.1) is 0 Å². The average Bonchev–Trinajstić information content (AvgIpc) is 3.92. The fourth-order valence-corrected chi connectivity index (χ4v) is 11.2. The molecular weight excluding hydrogens is 707 g/mol. The van der Waals surface area contributed by atoms with Crippen LogP contribution in [-0.2, 0) is 5.41 Å². The number of thiophene rings is 1. The maximum absolute atomic E-state index is 2.53. The molecule has 1 nitrogen and oxygen atoms in total. The highest BCUT2D eigenvalue weighted by molar-refractivity contribution is 7.26. The van der Waals surface area contributed by atoms with Gasteiger partial charge in [-0.25, -0.2) is 0 Å². The Morgan fingerprint density at radius 1 is 0.333 bits per heavy atom. The van der Waals surface area contributed by atoms with Crippen LogP contribution in [0.5, 0.6) is 0 Å². The normalized spacial score (nSPS) is 13.1. The third-order valence-electron chi connectivity index (χ3n) is 12.3. The Kier molecular flexibility index (Phi) is 7.08. The van der Waals surface area contributed by atoms with Gasteiger partial charge in [0.15, 0.2) is 0 Å². The molecule has 266 valence electrons. The summed E-state index contributed by atoms with van der Waals surface area (Å²) < 4.78 is 2.62. The molecule has 12 rings (SSSR count). The fraction of sp³-hybridized carbons (Fsp3) is 0.0182. The lowest BCUT2D eigenvalue weighted by atomic mass is 9.70. The summed E-state index contributed by atoms with van der Waals surface area (Å²) in [7, 11) is 0. The van der Waals surface area contributed by atoms with Crippen LogP contribution in [0.15, 0.2) is 212 Å². The van der Waals surface area contributed by atoms with E-state index in [9.17, 15) is 0 Å². The first-order valence-corrected chi connectivity index (χ1v) is 20.5. The molecule has 0 N–H and O–H groups in total. The first-order chi connectivity index (χ1) is 28.3. The summed E-state index contributed by atoms with van der Waals surface area (Å²) in [5.41, 5.74) is 18.4. The summed E-state index contributed by atoms with van der Waals surface area (Å²) in [6.45, 7) is 0. The van der Waals surface area contributed by atoms with Gasteiger partial charge in [0.25, 0.3) is 0 Å². The van der Waals surface area contributed by atoms with Crippen molar-refractivity contribution in [2.75, 3.05) is 4.90 Å². The Labute approximate surface area is 336 Å². The van der Waals surface area contributed by atoms with Crippen LogP contribution < -0.4 is 4.90 Å². The SMILES string of the molecule is c1ccc(-c2ccc(N(c3ccccc3-c3cccc4c3sc3ccccc34)c3cccc4c3-c3ccccc3C43c4ccccc4-c4ccccc43)cc2)cc1. The van der Waals surface area contributed by atoms with E-state index in [4.69, 9.17) is 0 Å². The molecule has 0 bridgehead atoms. The van der Waals surface area contributed by atoms with E-state index in [1.807, 2.05) is 11.3 Å². The van der Waals surface area contributed by atoms with Gasteiger partial charge in [-0.3, -0.25) is 0 Å². The first-order valence-electron chi connectivity index (χ1n) is 19.7. The van der Waals surface area contributed by atoms with Crippen molar-refractivity contribution < 1.29 is 0 Å². The summed E-state index contributed by atoms with van der Waals surface area (Å²) in [5, 5.41) is 2.61. The number of benzene rings is 9. The Morgan fingerprint density at radius 3 is 1.60 bits per heavy atom. The zero-order valence-corrected chi connectivity index (χ0v) is 31.9. The van der Waals surface area contributed by atoms with Crippen molar-refractivity contribution >= 4 is 48.6 Å². The Bertz CT molecular complexity index is 3140. The second-order valence-electron chi connectivity index (χ2n) is 15.1. The van der Waals surface area contributed by atoms with Crippen LogP contribution in [0.1, 0.15) is 22.3 Å². The minimum Gasteiger partial charge on any atom is -0.309 e. The third kappa shape index (κ3) is 4.56. The van der Waals surface area contributed by atoms with Gasteiger partial charge in [0.1, 0.15) is 0 Å². The van der Waals surface area contributed by atoms with Crippen molar-refractivity contribution in [3.05, 3.63) is 235 Å². The van der Waals surface area contributed by atoms with Crippen molar-refractivity contribution in [1.82, 2.24) is 0 Å². The molecule has 0 saturated heterocycles. The summed E-state index contributed by atoms with van der Waals surface area (Å²) in [6.07, 6.45) is 0. The Hall–Kier alpha value is -7.00.